The van der Waals surface area contributed by atoms with Crippen molar-refractivity contribution < 1.29 is 9.13 Å². The summed E-state index contributed by atoms with van der Waals surface area (Å²) in [4.78, 5) is 3.84. The Hall–Kier alpha value is -2.03. The topological polar surface area (TPSA) is 71.9 Å². The van der Waals surface area contributed by atoms with Crippen molar-refractivity contribution in [2.45, 2.75) is 0 Å². The first kappa shape index (κ1) is 13.4. The van der Waals surface area contributed by atoms with Crippen LogP contribution in [-0.2, 0) is 0 Å². The summed E-state index contributed by atoms with van der Waals surface area (Å²) in [5.41, 5.74) is 5.44. The van der Waals surface area contributed by atoms with Crippen LogP contribution in [0.1, 0.15) is 5.56 Å². The molecule has 1 aromatic carbocycles. The van der Waals surface area contributed by atoms with E-state index in [1.165, 1.54) is 18.2 Å². The zero-order chi connectivity index (χ0) is 14.0. The number of nitrogens with two attached hydrogens (primary N) is 1. The SMILES string of the molecule is N#Cc1ccc(Oc2nc(N)c(Cl)cc2Cl)cc1F. The van der Waals surface area contributed by atoms with Gasteiger partial charge in [0, 0.05) is 6.07 Å². The molecule has 19 heavy (non-hydrogen) atoms. The first-order valence-electron chi connectivity index (χ1n) is 5.00. The van der Waals surface area contributed by atoms with Gasteiger partial charge in [-0.15, -0.1) is 0 Å². The average Bonchev–Trinajstić information content (AvgIpc) is 2.36. The van der Waals surface area contributed by atoms with E-state index >= 15 is 0 Å². The van der Waals surface area contributed by atoms with Crippen LogP contribution in [0, 0.1) is 17.1 Å². The van der Waals surface area contributed by atoms with Gasteiger partial charge in [0.2, 0.25) is 5.88 Å². The molecule has 0 unspecified atom stereocenters. The van der Waals surface area contributed by atoms with Crippen LogP contribution in [0.5, 0.6) is 11.6 Å². The van der Waals surface area contributed by atoms with Crippen LogP contribution in [-0.4, -0.2) is 4.98 Å². The number of ether oxygens (including phenoxy) is 1. The summed E-state index contributed by atoms with van der Waals surface area (Å²) in [7, 11) is 0. The Labute approximate surface area is 118 Å². The molecule has 0 fully saturated rings. The lowest BCUT2D eigenvalue weighted by Crippen LogP contribution is -1.96. The van der Waals surface area contributed by atoms with Gasteiger partial charge in [0.25, 0.3) is 0 Å². The molecule has 0 saturated carbocycles. The fourth-order valence-corrected chi connectivity index (χ4v) is 1.69. The van der Waals surface area contributed by atoms with E-state index in [9.17, 15) is 4.39 Å². The maximum absolute atomic E-state index is 13.4. The lowest BCUT2D eigenvalue weighted by Gasteiger charge is -2.08. The minimum absolute atomic E-state index is 0.00711. The molecule has 0 saturated heterocycles. The van der Waals surface area contributed by atoms with Crippen molar-refractivity contribution in [2.75, 3.05) is 5.73 Å². The predicted molar refractivity (Wildman–Crippen MR) is 69.9 cm³/mol. The molecule has 0 aliphatic carbocycles. The molecule has 0 amide bonds. The molecule has 0 spiro atoms. The van der Waals surface area contributed by atoms with E-state index in [1.54, 1.807) is 6.07 Å². The third-order valence-corrected chi connectivity index (χ3v) is 2.77. The van der Waals surface area contributed by atoms with E-state index in [-0.39, 0.29) is 33.1 Å². The second kappa shape index (κ2) is 5.31. The molecular formula is C12H6Cl2FN3O. The van der Waals surface area contributed by atoms with Gasteiger partial charge in [-0.05, 0) is 18.2 Å². The van der Waals surface area contributed by atoms with Gasteiger partial charge in [0.1, 0.15) is 28.5 Å². The highest BCUT2D eigenvalue weighted by Crippen LogP contribution is 2.32. The fourth-order valence-electron chi connectivity index (χ4n) is 1.30. The van der Waals surface area contributed by atoms with E-state index in [2.05, 4.69) is 4.98 Å². The maximum atomic E-state index is 13.4. The normalized spacial score (nSPS) is 10.0. The molecule has 2 aromatic rings. The Morgan fingerprint density at radius 2 is 2.00 bits per heavy atom. The smallest absolute Gasteiger partial charge is 0.240 e. The van der Waals surface area contributed by atoms with Gasteiger partial charge >= 0.3 is 0 Å². The number of nitrogen functional groups attached to an aromatic ring is 1. The molecule has 1 aromatic heterocycles. The van der Waals surface area contributed by atoms with Crippen molar-refractivity contribution in [2.24, 2.45) is 0 Å². The van der Waals surface area contributed by atoms with Gasteiger partial charge in [-0.25, -0.2) is 4.39 Å². The van der Waals surface area contributed by atoms with Crippen molar-refractivity contribution in [1.29, 1.82) is 5.26 Å². The highest BCUT2D eigenvalue weighted by atomic mass is 35.5. The number of nitriles is 1. The lowest BCUT2D eigenvalue weighted by molar-refractivity contribution is 0.459. The summed E-state index contributed by atoms with van der Waals surface area (Å²) < 4.78 is 18.7. The number of hydrogen-bond acceptors (Lipinski definition) is 4. The molecule has 0 aliphatic heterocycles. The zero-order valence-corrected chi connectivity index (χ0v) is 10.8. The number of nitrogens with zero attached hydrogens (tertiary/aromatic N) is 2. The zero-order valence-electron chi connectivity index (χ0n) is 9.32. The van der Waals surface area contributed by atoms with Gasteiger partial charge in [-0.3, -0.25) is 0 Å². The largest absolute Gasteiger partial charge is 0.437 e. The highest BCUT2D eigenvalue weighted by Gasteiger charge is 2.11. The van der Waals surface area contributed by atoms with Crippen molar-refractivity contribution in [3.05, 3.63) is 45.7 Å². The van der Waals surface area contributed by atoms with Gasteiger partial charge < -0.3 is 10.5 Å². The van der Waals surface area contributed by atoms with Crippen molar-refractivity contribution >= 4 is 29.0 Å². The van der Waals surface area contributed by atoms with Gasteiger partial charge in [0.05, 0.1) is 10.6 Å². The molecule has 1 heterocycles. The minimum Gasteiger partial charge on any atom is -0.437 e. The quantitative estimate of drug-likeness (QED) is 0.916. The minimum atomic E-state index is -0.696. The first-order valence-corrected chi connectivity index (χ1v) is 5.76. The molecule has 2 rings (SSSR count). The van der Waals surface area contributed by atoms with Gasteiger partial charge in [-0.1, -0.05) is 23.2 Å². The van der Waals surface area contributed by atoms with Gasteiger partial charge in [-0.2, -0.15) is 10.2 Å². The molecule has 0 aliphatic rings. The molecule has 0 radical (unpaired) electrons. The van der Waals surface area contributed by atoms with Gasteiger partial charge in [0.15, 0.2) is 0 Å². The fraction of sp³-hybridized carbons (Fsp3) is 0. The molecule has 2 N–H and O–H groups in total. The monoisotopic (exact) mass is 297 g/mol. The number of rotatable bonds is 2. The first-order chi connectivity index (χ1) is 9.01. The van der Waals surface area contributed by atoms with Crippen LogP contribution in [0.25, 0.3) is 0 Å². The van der Waals surface area contributed by atoms with Crippen LogP contribution in [0.4, 0.5) is 10.2 Å². The van der Waals surface area contributed by atoms with E-state index in [0.717, 1.165) is 6.07 Å². The maximum Gasteiger partial charge on any atom is 0.240 e. The number of halogens is 3. The summed E-state index contributed by atoms with van der Waals surface area (Å²) in [6, 6.07) is 6.85. The number of pyridine rings is 1. The van der Waals surface area contributed by atoms with Crippen molar-refractivity contribution in [3.63, 3.8) is 0 Å². The average molecular weight is 298 g/mol. The molecule has 7 heteroatoms. The predicted octanol–water partition coefficient (Wildman–Crippen LogP) is 3.77. The number of benzene rings is 1. The van der Waals surface area contributed by atoms with Crippen LogP contribution in [0.3, 0.4) is 0 Å². The molecule has 0 bridgehead atoms. The molecule has 0 atom stereocenters. The summed E-state index contributed by atoms with van der Waals surface area (Å²) in [6.45, 7) is 0. The summed E-state index contributed by atoms with van der Waals surface area (Å²) >= 11 is 11.6. The summed E-state index contributed by atoms with van der Waals surface area (Å²) in [5, 5.41) is 8.95. The van der Waals surface area contributed by atoms with Crippen LogP contribution in [0.2, 0.25) is 10.0 Å². The third-order valence-electron chi connectivity index (χ3n) is 2.20. The third kappa shape index (κ3) is 2.87. The molecular weight excluding hydrogens is 292 g/mol. The molecule has 4 nitrogen and oxygen atoms in total. The van der Waals surface area contributed by atoms with E-state index in [4.69, 9.17) is 38.9 Å². The Morgan fingerprint density at radius 3 is 2.63 bits per heavy atom. The number of anilines is 1. The Bertz CT molecular complexity index is 685. The Balaban J connectivity index is 2.34. The Kier molecular flexibility index (Phi) is 3.74. The molecule has 96 valence electrons. The van der Waals surface area contributed by atoms with Crippen LogP contribution < -0.4 is 10.5 Å². The second-order valence-corrected chi connectivity index (χ2v) is 4.31. The van der Waals surface area contributed by atoms with E-state index < -0.39 is 5.82 Å². The van der Waals surface area contributed by atoms with Crippen LogP contribution >= 0.6 is 23.2 Å². The number of aromatic nitrogens is 1. The summed E-state index contributed by atoms with van der Waals surface area (Å²) in [5.74, 6) is -0.492. The van der Waals surface area contributed by atoms with E-state index in [1.807, 2.05) is 0 Å². The van der Waals surface area contributed by atoms with E-state index in [0.29, 0.717) is 0 Å². The Morgan fingerprint density at radius 1 is 1.26 bits per heavy atom. The van der Waals surface area contributed by atoms with Crippen LogP contribution in [0.15, 0.2) is 24.3 Å². The second-order valence-electron chi connectivity index (χ2n) is 3.50. The standard InChI is InChI=1S/C12H6Cl2FN3O/c13-8-4-9(14)12(18-11(8)17)19-7-2-1-6(5-16)10(15)3-7/h1-4H,(H2,17,18). The van der Waals surface area contributed by atoms with Crippen molar-refractivity contribution in [3.8, 4) is 17.7 Å². The highest BCUT2D eigenvalue weighted by molar-refractivity contribution is 6.36. The number of hydrogen-bond donors (Lipinski definition) is 1. The summed E-state index contributed by atoms with van der Waals surface area (Å²) in [6.07, 6.45) is 0. The lowest BCUT2D eigenvalue weighted by atomic mass is 10.2. The van der Waals surface area contributed by atoms with Crippen molar-refractivity contribution in [1.82, 2.24) is 4.98 Å².